The standard InChI is InChI=1S/C24H23N3O9S2/c1-35-19-13-16(9-10-18(19)36-38(33,34)21-8-4-3-7-17(21)27(31)32)14-20-23(29)26(24(30)37-20)15-22(28)25-11-5-2-6-12-25/h3-4,7-10,13-14H,2,5-6,11-12,15H2,1H3/b20-14-. The molecule has 2 fully saturated rings. The van der Waals surface area contributed by atoms with Crippen molar-refractivity contribution in [2.24, 2.45) is 0 Å². The highest BCUT2D eigenvalue weighted by atomic mass is 32.2. The van der Waals surface area contributed by atoms with E-state index < -0.39 is 36.8 Å². The first-order valence-electron chi connectivity index (χ1n) is 11.5. The van der Waals surface area contributed by atoms with Crippen LogP contribution in [0.15, 0.2) is 52.3 Å². The van der Waals surface area contributed by atoms with Crippen LogP contribution in [0.2, 0.25) is 0 Å². The number of nitro groups is 1. The number of methoxy groups -OCH3 is 1. The average molecular weight is 562 g/mol. The molecule has 0 radical (unpaired) electrons. The number of carbonyl (C=O) groups is 3. The molecule has 2 heterocycles. The largest absolute Gasteiger partial charge is 0.493 e. The Morgan fingerprint density at radius 2 is 1.82 bits per heavy atom. The fraction of sp³-hybridized carbons (Fsp3) is 0.292. The Bertz CT molecular complexity index is 1430. The summed E-state index contributed by atoms with van der Waals surface area (Å²) in [6, 6.07) is 8.84. The highest BCUT2D eigenvalue weighted by Crippen LogP contribution is 2.36. The minimum atomic E-state index is -4.58. The van der Waals surface area contributed by atoms with Crippen LogP contribution in [-0.4, -0.2) is 66.9 Å². The second-order valence-electron chi connectivity index (χ2n) is 8.38. The van der Waals surface area contributed by atoms with Crippen molar-refractivity contribution in [2.75, 3.05) is 26.7 Å². The Hall–Kier alpha value is -3.91. The molecule has 2 aromatic rings. The van der Waals surface area contributed by atoms with Gasteiger partial charge in [-0.3, -0.25) is 29.4 Å². The number of rotatable bonds is 8. The molecule has 0 aromatic heterocycles. The van der Waals surface area contributed by atoms with E-state index in [4.69, 9.17) is 8.92 Å². The van der Waals surface area contributed by atoms with Crippen LogP contribution in [0.1, 0.15) is 24.8 Å². The van der Waals surface area contributed by atoms with E-state index in [9.17, 15) is 32.9 Å². The zero-order valence-corrected chi connectivity index (χ0v) is 21.8. The van der Waals surface area contributed by atoms with Crippen molar-refractivity contribution < 1.29 is 36.6 Å². The number of nitrogens with zero attached hydrogens (tertiary/aromatic N) is 3. The molecule has 0 atom stereocenters. The molecule has 4 rings (SSSR count). The number of hydrogen-bond donors (Lipinski definition) is 0. The quantitative estimate of drug-likeness (QED) is 0.203. The van der Waals surface area contributed by atoms with Crippen molar-refractivity contribution in [3.63, 3.8) is 0 Å². The van der Waals surface area contributed by atoms with Crippen molar-refractivity contribution in [1.82, 2.24) is 9.80 Å². The predicted octanol–water partition coefficient (Wildman–Crippen LogP) is 3.42. The van der Waals surface area contributed by atoms with Gasteiger partial charge in [0, 0.05) is 19.2 Å². The van der Waals surface area contributed by atoms with Gasteiger partial charge in [0.2, 0.25) is 5.91 Å². The topological polar surface area (TPSA) is 153 Å². The van der Waals surface area contributed by atoms with E-state index in [1.807, 2.05) is 0 Å². The van der Waals surface area contributed by atoms with Gasteiger partial charge in [-0.1, -0.05) is 18.2 Å². The molecule has 0 unspecified atom stereocenters. The second-order valence-corrected chi connectivity index (χ2v) is 10.9. The van der Waals surface area contributed by atoms with E-state index in [0.717, 1.165) is 36.3 Å². The van der Waals surface area contributed by atoms with E-state index in [0.29, 0.717) is 30.4 Å². The van der Waals surface area contributed by atoms with Gasteiger partial charge in [0.15, 0.2) is 16.4 Å². The predicted molar refractivity (Wildman–Crippen MR) is 137 cm³/mol. The minimum absolute atomic E-state index is 0.0274. The molecular weight excluding hydrogens is 538 g/mol. The van der Waals surface area contributed by atoms with Gasteiger partial charge in [0.05, 0.1) is 16.9 Å². The molecule has 2 aliphatic rings. The fourth-order valence-corrected chi connectivity index (χ4v) is 5.94. The zero-order valence-electron chi connectivity index (χ0n) is 20.2. The first kappa shape index (κ1) is 27.1. The molecule has 14 heteroatoms. The number of benzene rings is 2. The first-order valence-corrected chi connectivity index (χ1v) is 13.7. The van der Waals surface area contributed by atoms with Crippen LogP contribution in [-0.2, 0) is 19.7 Å². The normalized spacial score (nSPS) is 17.1. The fourth-order valence-electron chi connectivity index (χ4n) is 3.99. The summed E-state index contributed by atoms with van der Waals surface area (Å²) in [6.07, 6.45) is 4.23. The molecule has 0 saturated carbocycles. The first-order chi connectivity index (χ1) is 18.1. The van der Waals surface area contributed by atoms with E-state index in [2.05, 4.69) is 0 Å². The smallest absolute Gasteiger partial charge is 0.346 e. The molecule has 2 aliphatic heterocycles. The molecule has 38 heavy (non-hydrogen) atoms. The van der Waals surface area contributed by atoms with Crippen molar-refractivity contribution in [3.8, 4) is 11.5 Å². The average Bonchev–Trinajstić information content (AvgIpc) is 3.17. The number of hydrogen-bond acceptors (Lipinski definition) is 10. The van der Waals surface area contributed by atoms with E-state index in [1.165, 1.54) is 43.5 Å². The summed E-state index contributed by atoms with van der Waals surface area (Å²) in [5, 5.41) is 10.7. The molecule has 0 aliphatic carbocycles. The van der Waals surface area contributed by atoms with E-state index in [1.54, 1.807) is 4.90 Å². The van der Waals surface area contributed by atoms with Gasteiger partial charge >= 0.3 is 10.1 Å². The van der Waals surface area contributed by atoms with E-state index >= 15 is 0 Å². The van der Waals surface area contributed by atoms with Crippen LogP contribution < -0.4 is 8.92 Å². The summed E-state index contributed by atoms with van der Waals surface area (Å²) in [5.41, 5.74) is -0.247. The molecule has 200 valence electrons. The number of amides is 3. The van der Waals surface area contributed by atoms with Crippen LogP contribution >= 0.6 is 11.8 Å². The maximum atomic E-state index is 12.8. The lowest BCUT2D eigenvalue weighted by molar-refractivity contribution is -0.387. The van der Waals surface area contributed by atoms with Crippen molar-refractivity contribution in [3.05, 3.63) is 63.0 Å². The second kappa shape index (κ2) is 11.2. The highest BCUT2D eigenvalue weighted by Gasteiger charge is 2.37. The van der Waals surface area contributed by atoms with Crippen LogP contribution in [0.4, 0.5) is 10.5 Å². The van der Waals surface area contributed by atoms with Crippen molar-refractivity contribution >= 4 is 50.7 Å². The number of likely N-dealkylation sites (tertiary alicyclic amines) is 1. The number of thioether (sulfide) groups is 1. The summed E-state index contributed by atoms with van der Waals surface area (Å²) in [4.78, 5) is 50.3. The monoisotopic (exact) mass is 561 g/mol. The molecular formula is C24H23N3O9S2. The molecule has 0 bridgehead atoms. The van der Waals surface area contributed by atoms with Gasteiger partial charge in [0.25, 0.3) is 16.8 Å². The van der Waals surface area contributed by atoms with Gasteiger partial charge in [-0.25, -0.2) is 0 Å². The number of ether oxygens (including phenoxy) is 1. The number of piperidine rings is 1. The summed E-state index contributed by atoms with van der Waals surface area (Å²) in [7, 11) is -3.32. The summed E-state index contributed by atoms with van der Waals surface area (Å²) in [5.74, 6) is -1.15. The van der Waals surface area contributed by atoms with Gasteiger partial charge in [-0.05, 0) is 60.9 Å². The van der Waals surface area contributed by atoms with Gasteiger partial charge in [-0.15, -0.1) is 0 Å². The summed E-state index contributed by atoms with van der Waals surface area (Å²) in [6.45, 7) is 0.875. The lowest BCUT2D eigenvalue weighted by Gasteiger charge is -2.27. The van der Waals surface area contributed by atoms with E-state index in [-0.39, 0.29) is 28.9 Å². The summed E-state index contributed by atoms with van der Waals surface area (Å²) < 4.78 is 35.9. The number of para-hydroxylation sites is 1. The van der Waals surface area contributed by atoms with Crippen molar-refractivity contribution in [1.29, 1.82) is 0 Å². The zero-order chi connectivity index (χ0) is 27.4. The van der Waals surface area contributed by atoms with Gasteiger partial charge < -0.3 is 13.8 Å². The van der Waals surface area contributed by atoms with Crippen LogP contribution in [0, 0.1) is 10.1 Å². The van der Waals surface area contributed by atoms with Gasteiger partial charge in [-0.2, -0.15) is 8.42 Å². The lowest BCUT2D eigenvalue weighted by atomic mass is 10.1. The Kier molecular flexibility index (Phi) is 8.02. The third kappa shape index (κ3) is 5.81. The molecule has 12 nitrogen and oxygen atoms in total. The summed E-state index contributed by atoms with van der Waals surface area (Å²) >= 11 is 0.691. The molecule has 0 spiro atoms. The Morgan fingerprint density at radius 1 is 1.11 bits per heavy atom. The molecule has 2 saturated heterocycles. The SMILES string of the molecule is COc1cc(/C=C2\SC(=O)N(CC(=O)N3CCCCC3)C2=O)ccc1OS(=O)(=O)c1ccccc1[N+](=O)[O-]. The minimum Gasteiger partial charge on any atom is -0.493 e. The molecule has 0 N–H and O–H groups in total. The molecule has 3 amide bonds. The molecule has 2 aromatic carbocycles. The Morgan fingerprint density at radius 3 is 2.50 bits per heavy atom. The number of imide groups is 1. The van der Waals surface area contributed by atoms with Gasteiger partial charge in [0.1, 0.15) is 6.54 Å². The Balaban J connectivity index is 1.53. The van der Waals surface area contributed by atoms with Crippen LogP contribution in [0.25, 0.3) is 6.08 Å². The van der Waals surface area contributed by atoms with Crippen LogP contribution in [0.3, 0.4) is 0 Å². The lowest BCUT2D eigenvalue weighted by Crippen LogP contribution is -2.44. The van der Waals surface area contributed by atoms with Crippen LogP contribution in [0.5, 0.6) is 11.5 Å². The maximum absolute atomic E-state index is 12.8. The third-order valence-electron chi connectivity index (χ3n) is 5.89. The Labute approximate surface area is 222 Å². The third-order valence-corrected chi connectivity index (χ3v) is 8.08. The number of carbonyl (C=O) groups excluding carboxylic acids is 3. The maximum Gasteiger partial charge on any atom is 0.346 e. The number of nitro benzene ring substituents is 1. The van der Waals surface area contributed by atoms with Crippen molar-refractivity contribution in [2.45, 2.75) is 24.2 Å². The highest BCUT2D eigenvalue weighted by molar-refractivity contribution is 8.18.